The second kappa shape index (κ2) is 6.00. The largest absolute Gasteiger partial charge is 0.420 e. The molecule has 1 atom stereocenters. The molecule has 3 N–H and O–H groups in total. The van der Waals surface area contributed by atoms with Crippen molar-refractivity contribution in [3.63, 3.8) is 0 Å². The first-order valence-corrected chi connectivity index (χ1v) is 8.03. The summed E-state index contributed by atoms with van der Waals surface area (Å²) in [5.41, 5.74) is 9.76. The van der Waals surface area contributed by atoms with Crippen molar-refractivity contribution in [2.75, 3.05) is 0 Å². The maximum absolute atomic E-state index is 9.65. The van der Waals surface area contributed by atoms with E-state index in [0.717, 1.165) is 22.4 Å². The van der Waals surface area contributed by atoms with Crippen LogP contribution >= 0.6 is 11.6 Å². The number of hydrogen-bond acceptors (Lipinski definition) is 4. The van der Waals surface area contributed by atoms with Crippen LogP contribution in [0.2, 0.25) is 5.02 Å². The average Bonchev–Trinajstić information content (AvgIpc) is 3.05. The summed E-state index contributed by atoms with van der Waals surface area (Å²) >= 11 is 6.01. The third-order valence-corrected chi connectivity index (χ3v) is 4.46. The van der Waals surface area contributed by atoms with Gasteiger partial charge in [0.05, 0.1) is 17.2 Å². The Labute approximate surface area is 149 Å². The van der Waals surface area contributed by atoms with Crippen molar-refractivity contribution in [2.45, 2.75) is 5.92 Å². The predicted octanol–water partition coefficient (Wildman–Crippen LogP) is 3.95. The lowest BCUT2D eigenvalue weighted by atomic mass is 9.83. The zero-order valence-corrected chi connectivity index (χ0v) is 13.8. The van der Waals surface area contributed by atoms with Crippen molar-refractivity contribution in [1.29, 1.82) is 5.26 Å². The molecule has 25 heavy (non-hydrogen) atoms. The molecule has 122 valence electrons. The molecular formula is C19H13ClN4O. The molecule has 6 heteroatoms. The van der Waals surface area contributed by atoms with Crippen molar-refractivity contribution < 1.29 is 4.74 Å². The third-order valence-electron chi connectivity index (χ3n) is 4.20. The summed E-state index contributed by atoms with van der Waals surface area (Å²) in [6.07, 6.45) is 0. The van der Waals surface area contributed by atoms with Gasteiger partial charge in [0.25, 0.3) is 0 Å². The molecule has 0 bridgehead atoms. The summed E-state index contributed by atoms with van der Waals surface area (Å²) in [4.78, 5) is 0. The fourth-order valence-electron chi connectivity index (χ4n) is 3.06. The highest BCUT2D eigenvalue weighted by Gasteiger charge is 2.35. The number of nitrogens with one attached hydrogen (secondary N) is 1. The van der Waals surface area contributed by atoms with Crippen LogP contribution in [0, 0.1) is 11.3 Å². The normalized spacial score (nSPS) is 16.1. The summed E-state index contributed by atoms with van der Waals surface area (Å²) in [6, 6.07) is 19.3. The van der Waals surface area contributed by atoms with Crippen LogP contribution in [-0.2, 0) is 0 Å². The minimum atomic E-state index is -0.375. The van der Waals surface area contributed by atoms with E-state index in [9.17, 15) is 5.26 Å². The number of hydrogen-bond donors (Lipinski definition) is 2. The molecule has 2 aromatic carbocycles. The maximum atomic E-state index is 9.65. The summed E-state index contributed by atoms with van der Waals surface area (Å²) in [6.45, 7) is 0. The van der Waals surface area contributed by atoms with Crippen LogP contribution in [0.15, 0.2) is 66.1 Å². The van der Waals surface area contributed by atoms with Gasteiger partial charge >= 0.3 is 0 Å². The second-order valence-electron chi connectivity index (χ2n) is 5.66. The van der Waals surface area contributed by atoms with E-state index < -0.39 is 0 Å². The minimum Gasteiger partial charge on any atom is -0.420 e. The fraction of sp³-hybridized carbons (Fsp3) is 0.0526. The van der Waals surface area contributed by atoms with Gasteiger partial charge in [-0.1, -0.05) is 54.1 Å². The van der Waals surface area contributed by atoms with Gasteiger partial charge in [-0.15, -0.1) is 5.10 Å². The van der Waals surface area contributed by atoms with Crippen molar-refractivity contribution in [3.8, 4) is 23.2 Å². The molecule has 0 aliphatic carbocycles. The van der Waals surface area contributed by atoms with Gasteiger partial charge in [0, 0.05) is 5.02 Å². The summed E-state index contributed by atoms with van der Waals surface area (Å²) in [7, 11) is 0. The van der Waals surface area contributed by atoms with Gasteiger partial charge in [0.1, 0.15) is 11.6 Å². The molecule has 0 amide bonds. The Morgan fingerprint density at radius 3 is 2.52 bits per heavy atom. The molecular weight excluding hydrogens is 336 g/mol. The Hall–Kier alpha value is -3.23. The third kappa shape index (κ3) is 2.53. The molecule has 3 aromatic rings. The van der Waals surface area contributed by atoms with E-state index in [4.69, 9.17) is 22.1 Å². The van der Waals surface area contributed by atoms with Gasteiger partial charge in [-0.05, 0) is 23.3 Å². The molecule has 0 spiro atoms. The number of nitrogens with two attached hydrogens (primary N) is 1. The Morgan fingerprint density at radius 2 is 1.84 bits per heavy atom. The number of fused-ring (bicyclic) bond motifs is 1. The Bertz CT molecular complexity index is 1000. The molecule has 1 aliphatic heterocycles. The summed E-state index contributed by atoms with van der Waals surface area (Å²) in [5, 5.41) is 17.5. The number of nitriles is 1. The van der Waals surface area contributed by atoms with Crippen molar-refractivity contribution >= 4 is 11.6 Å². The number of halogens is 1. The van der Waals surface area contributed by atoms with Gasteiger partial charge in [0.2, 0.25) is 11.8 Å². The average molecular weight is 349 g/mol. The number of benzene rings is 2. The van der Waals surface area contributed by atoms with E-state index in [1.54, 1.807) is 12.1 Å². The number of nitrogens with zero attached hydrogens (tertiary/aromatic N) is 2. The lowest BCUT2D eigenvalue weighted by molar-refractivity contribution is 0.379. The molecule has 0 radical (unpaired) electrons. The standard InChI is InChI=1S/C19H13ClN4O/c20-13-8-6-11(7-9-13)15-14(10-21)18(22)25-19-16(15)17(23-24-19)12-4-2-1-3-5-12/h1-9,15H,22H2,(H,23,24)/t15-/m0/s1. The summed E-state index contributed by atoms with van der Waals surface area (Å²) < 4.78 is 5.58. The van der Waals surface area contributed by atoms with Crippen LogP contribution in [0.4, 0.5) is 0 Å². The van der Waals surface area contributed by atoms with Gasteiger partial charge in [-0.3, -0.25) is 5.10 Å². The first-order chi connectivity index (χ1) is 12.2. The zero-order valence-electron chi connectivity index (χ0n) is 13.0. The van der Waals surface area contributed by atoms with Gasteiger partial charge < -0.3 is 10.5 Å². The van der Waals surface area contributed by atoms with Crippen molar-refractivity contribution in [3.05, 3.63) is 82.2 Å². The first kappa shape index (κ1) is 15.3. The first-order valence-electron chi connectivity index (χ1n) is 7.65. The highest BCUT2D eigenvalue weighted by molar-refractivity contribution is 6.30. The van der Waals surface area contributed by atoms with Crippen LogP contribution < -0.4 is 10.5 Å². The highest BCUT2D eigenvalue weighted by Crippen LogP contribution is 2.45. The Balaban J connectivity index is 1.95. The van der Waals surface area contributed by atoms with E-state index >= 15 is 0 Å². The molecule has 4 rings (SSSR count). The van der Waals surface area contributed by atoms with E-state index in [2.05, 4.69) is 16.3 Å². The van der Waals surface area contributed by atoms with Crippen molar-refractivity contribution in [2.24, 2.45) is 5.73 Å². The Kier molecular flexibility index (Phi) is 3.68. The van der Waals surface area contributed by atoms with Crippen LogP contribution in [0.3, 0.4) is 0 Å². The number of aromatic nitrogens is 2. The predicted molar refractivity (Wildman–Crippen MR) is 94.8 cm³/mol. The monoisotopic (exact) mass is 348 g/mol. The van der Waals surface area contributed by atoms with Crippen LogP contribution in [0.5, 0.6) is 5.88 Å². The number of H-pyrrole nitrogens is 1. The van der Waals surface area contributed by atoms with Crippen LogP contribution in [-0.4, -0.2) is 10.2 Å². The van der Waals surface area contributed by atoms with E-state index in [1.807, 2.05) is 42.5 Å². The van der Waals surface area contributed by atoms with Crippen molar-refractivity contribution in [1.82, 2.24) is 10.2 Å². The topological polar surface area (TPSA) is 87.7 Å². The van der Waals surface area contributed by atoms with Crippen LogP contribution in [0.1, 0.15) is 17.0 Å². The van der Waals surface area contributed by atoms with Gasteiger partial charge in [0.15, 0.2) is 0 Å². The molecule has 0 unspecified atom stereocenters. The molecule has 5 nitrogen and oxygen atoms in total. The smallest absolute Gasteiger partial charge is 0.244 e. The van der Waals surface area contributed by atoms with Crippen LogP contribution in [0.25, 0.3) is 11.3 Å². The van der Waals surface area contributed by atoms with Gasteiger partial charge in [-0.2, -0.15) is 5.26 Å². The van der Waals surface area contributed by atoms with E-state index in [1.165, 1.54) is 0 Å². The van der Waals surface area contributed by atoms with E-state index in [-0.39, 0.29) is 11.8 Å². The lowest BCUT2D eigenvalue weighted by Gasteiger charge is -2.24. The van der Waals surface area contributed by atoms with Gasteiger partial charge in [-0.25, -0.2) is 0 Å². The molecule has 0 fully saturated rings. The molecule has 2 heterocycles. The summed E-state index contributed by atoms with van der Waals surface area (Å²) in [5.74, 6) is 0.0799. The molecule has 0 saturated carbocycles. The zero-order chi connectivity index (χ0) is 17.4. The lowest BCUT2D eigenvalue weighted by Crippen LogP contribution is -2.20. The molecule has 1 aromatic heterocycles. The Morgan fingerprint density at radius 1 is 1.12 bits per heavy atom. The molecule has 1 aliphatic rings. The fourth-order valence-corrected chi connectivity index (χ4v) is 3.18. The number of allylic oxidation sites excluding steroid dienone is 1. The number of rotatable bonds is 2. The SMILES string of the molecule is N#CC1=C(N)Oc2n[nH]c(-c3ccccc3)c2[C@H]1c1ccc(Cl)cc1. The maximum Gasteiger partial charge on any atom is 0.244 e. The highest BCUT2D eigenvalue weighted by atomic mass is 35.5. The number of aromatic amines is 1. The quantitative estimate of drug-likeness (QED) is 0.734. The second-order valence-corrected chi connectivity index (χ2v) is 6.10. The molecule has 0 saturated heterocycles. The minimum absolute atomic E-state index is 0.0704. The number of ether oxygens (including phenoxy) is 1. The van der Waals surface area contributed by atoms with E-state index in [0.29, 0.717) is 16.5 Å².